The van der Waals surface area contributed by atoms with Gasteiger partial charge in [0.25, 0.3) is 0 Å². The lowest BCUT2D eigenvalue weighted by Crippen LogP contribution is -2.38. The molecule has 306 valence electrons. The first-order valence-electron chi connectivity index (χ1n) is 22.8. The Morgan fingerprint density at radius 1 is 0.444 bits per heavy atom. The largest absolute Gasteiger partial charge is 0.309 e. The Morgan fingerprint density at radius 2 is 1.03 bits per heavy atom. The molecular weight excluding hydrogens is 761 g/mol. The number of hydrogen-bond donors (Lipinski definition) is 0. The van der Waals surface area contributed by atoms with Crippen LogP contribution in [0, 0.1) is 0 Å². The van der Waals surface area contributed by atoms with E-state index < -0.39 is 0 Å². The van der Waals surface area contributed by atoms with E-state index in [1.54, 1.807) is 0 Å². The first-order chi connectivity index (χ1) is 30.5. The highest BCUT2D eigenvalue weighted by Crippen LogP contribution is 2.60. The maximum atomic E-state index is 2.55. The normalized spacial score (nSPS) is 16.7. The monoisotopic (exact) mass is 812 g/mol. The van der Waals surface area contributed by atoms with Gasteiger partial charge in [0.15, 0.2) is 0 Å². The Balaban J connectivity index is 0.971. The highest BCUT2D eigenvalue weighted by molar-refractivity contribution is 6.01. The van der Waals surface area contributed by atoms with Gasteiger partial charge in [-0.3, -0.25) is 0 Å². The van der Waals surface area contributed by atoms with Gasteiger partial charge in [0.05, 0.1) is 28.4 Å². The van der Waals surface area contributed by atoms with Crippen molar-refractivity contribution in [2.45, 2.75) is 70.6 Å². The Hall–Kier alpha value is -6.90. The number of hydrogen-bond acceptors (Lipinski definition) is 2. The van der Waals surface area contributed by atoms with E-state index in [1.165, 1.54) is 112 Å². The van der Waals surface area contributed by atoms with E-state index in [9.17, 15) is 0 Å². The van der Waals surface area contributed by atoms with Gasteiger partial charge in [-0.2, -0.15) is 0 Å². The summed E-state index contributed by atoms with van der Waals surface area (Å²) in [6.07, 6.45) is 9.16. The molecule has 2 aliphatic carbocycles. The molecule has 0 atom stereocenters. The van der Waals surface area contributed by atoms with Crippen LogP contribution in [0.15, 0.2) is 182 Å². The van der Waals surface area contributed by atoms with Crippen molar-refractivity contribution in [3.05, 3.63) is 221 Å². The van der Waals surface area contributed by atoms with Gasteiger partial charge >= 0.3 is 0 Å². The molecule has 2 heteroatoms. The minimum absolute atomic E-state index is 0.0927. The highest BCUT2D eigenvalue weighted by atomic mass is 15.2. The first kappa shape index (κ1) is 37.8. The lowest BCUT2D eigenvalue weighted by molar-refractivity contribution is 0.597. The molecule has 0 saturated carbocycles. The van der Waals surface area contributed by atoms with Gasteiger partial charge in [-0.1, -0.05) is 175 Å². The SMILES string of the molecule is CC1(C)c2cc(-c3ccc4c(c3)C(C)(C)c3cccc5c3N4c3ccccc3C5(C)C)ccc2-c2ccc(N(c3ccccc3C3=CCCC=C3)c3cccc4ccccc34)cc21. The maximum absolute atomic E-state index is 2.55. The standard InChI is InChI=1S/C61H52N2/c1-59(2)48-24-13-15-28-56(48)63-57-35-31-42(37-53(57)60(3,4)50-26-17-25-49(59)58(50)63)41-30-33-46-47-34-32-43(38-52(47)61(5,6)51(46)36-41)62(55-29-16-21-40-20-10-11-22-45(40)55)54-27-14-12-23-44(54)39-18-8-7-9-19-39/h8,10-38H,7,9H2,1-6H3. The van der Waals surface area contributed by atoms with Gasteiger partial charge in [-0.05, 0) is 128 Å². The molecule has 4 aliphatic rings. The zero-order valence-electron chi connectivity index (χ0n) is 37.1. The average Bonchev–Trinajstić information content (AvgIpc) is 3.54. The second-order valence-corrected chi connectivity index (χ2v) is 19.6. The second-order valence-electron chi connectivity index (χ2n) is 19.6. The van der Waals surface area contributed by atoms with Crippen LogP contribution in [-0.2, 0) is 16.2 Å². The molecule has 0 radical (unpaired) electrons. The Morgan fingerprint density at radius 3 is 1.84 bits per heavy atom. The van der Waals surface area contributed by atoms with Gasteiger partial charge in [-0.15, -0.1) is 0 Å². The van der Waals surface area contributed by atoms with E-state index >= 15 is 0 Å². The van der Waals surface area contributed by atoms with Gasteiger partial charge in [-0.25, -0.2) is 0 Å². The topological polar surface area (TPSA) is 6.48 Å². The van der Waals surface area contributed by atoms with Crippen molar-refractivity contribution in [2.24, 2.45) is 0 Å². The molecule has 0 saturated heterocycles. The van der Waals surface area contributed by atoms with Crippen LogP contribution in [0.1, 0.15) is 93.3 Å². The fourth-order valence-corrected chi connectivity index (χ4v) is 11.6. The number of fused-ring (bicyclic) bond motifs is 8. The minimum atomic E-state index is -0.220. The van der Waals surface area contributed by atoms with Crippen LogP contribution in [0.25, 0.3) is 38.6 Å². The summed E-state index contributed by atoms with van der Waals surface area (Å²) >= 11 is 0. The van der Waals surface area contributed by atoms with Crippen molar-refractivity contribution in [3.8, 4) is 22.3 Å². The van der Waals surface area contributed by atoms with Crippen molar-refractivity contribution in [1.82, 2.24) is 0 Å². The quantitative estimate of drug-likeness (QED) is 0.171. The maximum Gasteiger partial charge on any atom is 0.0543 e. The van der Waals surface area contributed by atoms with Crippen LogP contribution in [-0.4, -0.2) is 0 Å². The Bertz CT molecular complexity index is 3280. The molecule has 63 heavy (non-hydrogen) atoms. The molecule has 0 amide bonds. The molecular formula is C61H52N2. The molecule has 8 aromatic rings. The number of nitrogens with zero attached hydrogens (tertiary/aromatic N) is 2. The fraction of sp³-hybridized carbons (Fsp3) is 0.180. The third-order valence-corrected chi connectivity index (χ3v) is 15.0. The average molecular weight is 813 g/mol. The van der Waals surface area contributed by atoms with Gasteiger partial charge in [0, 0.05) is 32.9 Å². The summed E-state index contributed by atoms with van der Waals surface area (Å²) in [6, 6.07) is 62.1. The molecule has 0 fully saturated rings. The van der Waals surface area contributed by atoms with E-state index in [1.807, 2.05) is 0 Å². The van der Waals surface area contributed by atoms with Crippen molar-refractivity contribution >= 4 is 50.5 Å². The van der Waals surface area contributed by atoms with Gasteiger partial charge < -0.3 is 9.80 Å². The molecule has 0 bridgehead atoms. The molecule has 8 aromatic carbocycles. The van der Waals surface area contributed by atoms with Gasteiger partial charge in [0.2, 0.25) is 0 Å². The van der Waals surface area contributed by atoms with E-state index in [0.717, 1.165) is 12.8 Å². The van der Waals surface area contributed by atoms with Gasteiger partial charge in [0.1, 0.15) is 0 Å². The fourth-order valence-electron chi connectivity index (χ4n) is 11.6. The third-order valence-electron chi connectivity index (χ3n) is 15.0. The van der Waals surface area contributed by atoms with Crippen LogP contribution in [0.2, 0.25) is 0 Å². The van der Waals surface area contributed by atoms with Crippen LogP contribution in [0.3, 0.4) is 0 Å². The zero-order chi connectivity index (χ0) is 42.8. The minimum Gasteiger partial charge on any atom is -0.309 e. The smallest absolute Gasteiger partial charge is 0.0543 e. The predicted octanol–water partition coefficient (Wildman–Crippen LogP) is 16.8. The van der Waals surface area contributed by atoms with E-state index in [0.29, 0.717) is 0 Å². The van der Waals surface area contributed by atoms with Crippen LogP contribution in [0.4, 0.5) is 34.1 Å². The summed E-state index contributed by atoms with van der Waals surface area (Å²) in [5.74, 6) is 0. The number of anilines is 6. The van der Waals surface area contributed by atoms with Crippen molar-refractivity contribution < 1.29 is 0 Å². The first-order valence-corrected chi connectivity index (χ1v) is 22.8. The summed E-state index contributed by atoms with van der Waals surface area (Å²) in [4.78, 5) is 5.06. The van der Waals surface area contributed by atoms with E-state index in [4.69, 9.17) is 0 Å². The predicted molar refractivity (Wildman–Crippen MR) is 267 cm³/mol. The lowest BCUT2D eigenvalue weighted by Gasteiger charge is -2.49. The molecule has 0 spiro atoms. The van der Waals surface area contributed by atoms with Crippen LogP contribution < -0.4 is 9.80 Å². The molecule has 0 aromatic heterocycles. The third kappa shape index (κ3) is 5.43. The van der Waals surface area contributed by atoms with Crippen LogP contribution >= 0.6 is 0 Å². The Labute approximate surface area is 372 Å². The van der Waals surface area contributed by atoms with Crippen molar-refractivity contribution in [3.63, 3.8) is 0 Å². The molecule has 2 heterocycles. The van der Waals surface area contributed by atoms with E-state index in [-0.39, 0.29) is 16.2 Å². The molecule has 12 rings (SSSR count). The molecule has 2 aliphatic heterocycles. The van der Waals surface area contributed by atoms with Crippen molar-refractivity contribution in [1.29, 1.82) is 0 Å². The van der Waals surface area contributed by atoms with E-state index in [2.05, 4.69) is 233 Å². The summed E-state index contributed by atoms with van der Waals surface area (Å²) in [5, 5.41) is 2.47. The number of benzene rings is 8. The highest BCUT2D eigenvalue weighted by Gasteiger charge is 2.45. The summed E-state index contributed by atoms with van der Waals surface area (Å²) in [5.41, 5.74) is 22.9. The van der Waals surface area contributed by atoms with Crippen molar-refractivity contribution in [2.75, 3.05) is 9.80 Å². The number of rotatable bonds is 5. The molecule has 2 nitrogen and oxygen atoms in total. The number of para-hydroxylation sites is 3. The summed E-state index contributed by atoms with van der Waals surface area (Å²) in [7, 11) is 0. The summed E-state index contributed by atoms with van der Waals surface area (Å²) < 4.78 is 0. The zero-order valence-corrected chi connectivity index (χ0v) is 37.1. The summed E-state index contributed by atoms with van der Waals surface area (Å²) in [6.45, 7) is 14.4. The second kappa shape index (κ2) is 13.5. The van der Waals surface area contributed by atoms with Crippen LogP contribution in [0.5, 0.6) is 0 Å². The lowest BCUT2D eigenvalue weighted by atomic mass is 9.66. The molecule has 0 unspecified atom stereocenters. The molecule has 0 N–H and O–H groups in total. The Kier molecular flexibility index (Phi) is 8.14. The number of allylic oxidation sites excluding steroid dienone is 4.